The number of sulfone groups is 1. The molecule has 9 heterocycles. The number of H-pyrrole nitrogens is 1. The van der Waals surface area contributed by atoms with Crippen molar-refractivity contribution >= 4 is 55.2 Å². The number of pyridine rings is 1. The summed E-state index contributed by atoms with van der Waals surface area (Å²) in [5.41, 5.74) is 10.2. The van der Waals surface area contributed by atoms with Gasteiger partial charge in [-0.15, -0.1) is 0 Å². The van der Waals surface area contributed by atoms with Gasteiger partial charge in [0.1, 0.15) is 28.9 Å². The van der Waals surface area contributed by atoms with Gasteiger partial charge in [0.2, 0.25) is 15.7 Å². The molecule has 390 valence electrons. The summed E-state index contributed by atoms with van der Waals surface area (Å²) in [6.07, 6.45) is 6.42. The number of nitrogens with one attached hydrogen (secondary N) is 2. The lowest BCUT2D eigenvalue weighted by atomic mass is 9.59. The van der Waals surface area contributed by atoms with E-state index in [1.54, 1.807) is 18.3 Å². The van der Waals surface area contributed by atoms with Crippen molar-refractivity contribution in [3.05, 3.63) is 93.7 Å². The Morgan fingerprint density at radius 2 is 1.80 bits per heavy atom. The lowest BCUT2D eigenvalue weighted by Gasteiger charge is -2.57. The number of hydrogen-bond donors (Lipinski definition) is 3. The van der Waals surface area contributed by atoms with E-state index in [9.17, 15) is 14.9 Å². The van der Waals surface area contributed by atoms with Crippen LogP contribution in [0.15, 0.2) is 76.7 Å². The number of benzene rings is 3. The number of morpholine rings is 2. The standard InChI is InChI=1S/C54H63N9O10S/c1-31(2)38-5-3-4-6-39(38)45-29-70-18-16-61(45)35-23-54(24-35)11-14-59(15-12-54)42-8-7-40(51(55)64)49(62-41-10-17-69-30-47(41)73-53-44(62)19-32-9-13-56-52(32)58-53)50(42)74(67,68)37-21-43(63(65)66)48-46(22-37)72-27-33(57-48)25-60-26-36-20-34(60)28-71-36/h3-9,13,19,21-22,31,33-36,41,45,47,57H,10-12,14-18,20,23-30H2,1-2H3,(H2,55,64)(H,56,58)/t33-,34-,36-,41-,45-,47-/m0/s1. The highest BCUT2D eigenvalue weighted by Gasteiger charge is 2.51. The van der Waals surface area contributed by atoms with Crippen LogP contribution in [0.4, 0.5) is 28.4 Å². The summed E-state index contributed by atoms with van der Waals surface area (Å²) in [5, 5.41) is 17.2. The molecule has 13 rings (SSSR count). The van der Waals surface area contributed by atoms with Crippen LogP contribution in [-0.2, 0) is 24.0 Å². The number of ether oxygens (including phenoxy) is 5. The molecule has 3 aromatic carbocycles. The van der Waals surface area contributed by atoms with Gasteiger partial charge in [-0.1, -0.05) is 38.1 Å². The van der Waals surface area contributed by atoms with Gasteiger partial charge in [-0.05, 0) is 85.3 Å². The molecule has 8 aliphatic rings. The molecule has 1 amide bonds. The number of nitrogens with two attached hydrogens (primary N) is 1. The van der Waals surface area contributed by atoms with E-state index in [2.05, 4.69) is 63.1 Å². The normalized spacial score (nSPS) is 26.7. The quantitative estimate of drug-likeness (QED) is 0.0928. The Labute approximate surface area is 429 Å². The molecule has 19 nitrogen and oxygen atoms in total. The second-order valence-corrected chi connectivity index (χ2v) is 23.9. The number of aromatic nitrogens is 2. The van der Waals surface area contributed by atoms with Crippen LogP contribution in [0.3, 0.4) is 0 Å². The summed E-state index contributed by atoms with van der Waals surface area (Å²) in [5.74, 6) is -0.154. The molecule has 0 unspecified atom stereocenters. The van der Waals surface area contributed by atoms with E-state index >= 15 is 8.42 Å². The maximum absolute atomic E-state index is 16.2. The number of nitro groups is 1. The minimum Gasteiger partial charge on any atom is -0.489 e. The predicted octanol–water partition coefficient (Wildman–Crippen LogP) is 6.68. The zero-order chi connectivity index (χ0) is 50.6. The molecule has 4 N–H and O–H groups in total. The minimum absolute atomic E-state index is 0.0248. The number of primary amides is 1. The third-order valence-corrected chi connectivity index (χ3v) is 19.2. The highest BCUT2D eigenvalue weighted by Crippen LogP contribution is 2.56. The summed E-state index contributed by atoms with van der Waals surface area (Å²) in [4.78, 5) is 42.9. The van der Waals surface area contributed by atoms with Gasteiger partial charge in [-0.25, -0.2) is 8.42 Å². The summed E-state index contributed by atoms with van der Waals surface area (Å²) < 4.78 is 63.1. The van der Waals surface area contributed by atoms with Crippen LogP contribution >= 0.6 is 0 Å². The molecule has 2 bridgehead atoms. The zero-order valence-electron chi connectivity index (χ0n) is 41.7. The van der Waals surface area contributed by atoms with Crippen LogP contribution in [0.1, 0.15) is 85.8 Å². The number of aromatic amines is 1. The van der Waals surface area contributed by atoms with Crippen LogP contribution in [-0.4, -0.2) is 148 Å². The monoisotopic (exact) mass is 1030 g/mol. The summed E-state index contributed by atoms with van der Waals surface area (Å²) >= 11 is 0. The smallest absolute Gasteiger partial charge is 0.297 e. The van der Waals surface area contributed by atoms with Crippen LogP contribution in [0.25, 0.3) is 11.0 Å². The van der Waals surface area contributed by atoms with Gasteiger partial charge in [0.25, 0.3) is 11.6 Å². The molecule has 7 aliphatic heterocycles. The van der Waals surface area contributed by atoms with Crippen molar-refractivity contribution < 1.29 is 41.8 Å². The number of hydrogen-bond acceptors (Lipinski definition) is 16. The highest BCUT2D eigenvalue weighted by molar-refractivity contribution is 7.91. The number of carbonyl (C=O) groups excluding carboxylic acids is 1. The van der Waals surface area contributed by atoms with Gasteiger partial charge in [0.15, 0.2) is 11.4 Å². The Balaban J connectivity index is 0.887. The number of carbonyl (C=O) groups is 1. The molecule has 74 heavy (non-hydrogen) atoms. The van der Waals surface area contributed by atoms with Gasteiger partial charge in [-0.2, -0.15) is 4.98 Å². The Morgan fingerprint density at radius 1 is 0.973 bits per heavy atom. The highest BCUT2D eigenvalue weighted by atomic mass is 32.2. The van der Waals surface area contributed by atoms with Crippen molar-refractivity contribution in [3.8, 4) is 11.6 Å². The van der Waals surface area contributed by atoms with Gasteiger partial charge in [-0.3, -0.25) is 24.7 Å². The molecular weight excluding hydrogens is 967 g/mol. The molecule has 2 aromatic heterocycles. The minimum atomic E-state index is -4.78. The molecular formula is C54H63N9O10S. The van der Waals surface area contributed by atoms with Gasteiger partial charge < -0.3 is 49.5 Å². The van der Waals surface area contributed by atoms with Crippen molar-refractivity contribution in [1.29, 1.82) is 0 Å². The number of anilines is 4. The Hall–Kier alpha value is -6.03. The predicted molar refractivity (Wildman–Crippen MR) is 276 cm³/mol. The number of fused-ring (bicyclic) bond motifs is 6. The molecule has 6 fully saturated rings. The van der Waals surface area contributed by atoms with E-state index in [-0.39, 0.29) is 81.2 Å². The van der Waals surface area contributed by atoms with Crippen LogP contribution in [0.5, 0.6) is 11.6 Å². The second kappa shape index (κ2) is 18.4. The first-order valence-corrected chi connectivity index (χ1v) is 27.8. The second-order valence-electron chi connectivity index (χ2n) is 22.0. The summed E-state index contributed by atoms with van der Waals surface area (Å²) in [7, 11) is -4.78. The maximum Gasteiger partial charge on any atom is 0.297 e. The molecule has 5 aromatic rings. The van der Waals surface area contributed by atoms with E-state index < -0.39 is 38.5 Å². The summed E-state index contributed by atoms with van der Waals surface area (Å²) in [6, 6.07) is 18.3. The molecule has 20 heteroatoms. The van der Waals surface area contributed by atoms with Gasteiger partial charge in [0, 0.05) is 75.1 Å². The van der Waals surface area contributed by atoms with Crippen molar-refractivity contribution in [2.75, 3.05) is 87.5 Å². The summed E-state index contributed by atoms with van der Waals surface area (Å²) in [6.45, 7) is 10.5. The topological polar surface area (TPSA) is 220 Å². The third kappa shape index (κ3) is 8.05. The van der Waals surface area contributed by atoms with E-state index in [0.29, 0.717) is 81.5 Å². The fourth-order valence-corrected chi connectivity index (χ4v) is 15.4. The average molecular weight is 1030 g/mol. The van der Waals surface area contributed by atoms with Crippen molar-refractivity contribution in [3.63, 3.8) is 0 Å². The molecule has 1 aliphatic carbocycles. The maximum atomic E-state index is 16.2. The Morgan fingerprint density at radius 3 is 2.57 bits per heavy atom. The lowest BCUT2D eigenvalue weighted by Crippen LogP contribution is -2.58. The van der Waals surface area contributed by atoms with Crippen molar-refractivity contribution in [1.82, 2.24) is 19.8 Å². The number of nitro benzene ring substituents is 1. The fraction of sp³-hybridized carbons (Fsp3) is 0.519. The van der Waals surface area contributed by atoms with Crippen molar-refractivity contribution in [2.24, 2.45) is 11.1 Å². The molecule has 6 atom stereocenters. The van der Waals surface area contributed by atoms with Crippen LogP contribution in [0, 0.1) is 15.5 Å². The largest absolute Gasteiger partial charge is 0.489 e. The number of rotatable bonds is 11. The first kappa shape index (κ1) is 47.7. The first-order valence-electron chi connectivity index (χ1n) is 26.3. The van der Waals surface area contributed by atoms with Gasteiger partial charge >= 0.3 is 0 Å². The van der Waals surface area contributed by atoms with E-state index in [1.165, 1.54) is 17.2 Å². The number of amides is 1. The average Bonchev–Trinajstić information content (AvgIpc) is 4.17. The number of piperidine rings is 1. The SMILES string of the molecule is CC(C)c1ccccc1[C@@H]1COCCN1C1CC2(CCN(c3ccc(C(N)=O)c(N4c5cc6cc[nH]c6nc5O[C@H]5COCC[C@@H]54)c3S(=O)(=O)c3cc4c(c([N+](=O)[O-])c3)N[C@@H](CN3C[C@@H]5C[C@H]3CO5)CO4)CC2)C1. The first-order chi connectivity index (χ1) is 35.8. The number of likely N-dealkylation sites (tertiary alicyclic amines) is 1. The molecule has 1 spiro atoms. The zero-order valence-corrected chi connectivity index (χ0v) is 42.6. The van der Waals surface area contributed by atoms with E-state index in [4.69, 9.17) is 34.4 Å². The van der Waals surface area contributed by atoms with Crippen LogP contribution < -0.4 is 30.3 Å². The Kier molecular flexibility index (Phi) is 11.8. The molecule has 0 radical (unpaired) electrons. The van der Waals surface area contributed by atoms with Crippen LogP contribution in [0.2, 0.25) is 0 Å². The van der Waals surface area contributed by atoms with E-state index in [1.807, 2.05) is 17.0 Å². The fourth-order valence-electron chi connectivity index (χ4n) is 13.7. The Bertz CT molecular complexity index is 3150. The lowest BCUT2D eigenvalue weighted by molar-refractivity contribution is -0.384. The third-order valence-electron chi connectivity index (χ3n) is 17.4. The molecule has 5 saturated heterocycles. The van der Waals surface area contributed by atoms with E-state index in [0.717, 1.165) is 56.6 Å². The number of nitrogens with zero attached hydrogens (tertiary/aromatic N) is 6. The molecule has 1 saturated carbocycles. The van der Waals surface area contributed by atoms with Gasteiger partial charge in [0.05, 0.1) is 77.4 Å². The van der Waals surface area contributed by atoms with Crippen molar-refractivity contribution in [2.45, 2.75) is 110 Å².